The maximum atomic E-state index is 12.1. The van der Waals surface area contributed by atoms with Crippen LogP contribution in [0.1, 0.15) is 30.4 Å². The standard InChI is InChI=1S/C31H48N2O12/c1-37-8-9-38-10-11-39-12-13-40-14-15-41-16-17-42-18-19-43-20-21-44-25-4-5-31(35)26-22-23-2-3-24(34)28-27(23)30(31,29(25)45-28)6-7-33(26)32-36/h2-3,25-26,29,34-35H,4-22H2,1H3/t25-,26+,29-,30-,31+/m0/s1. The van der Waals surface area contributed by atoms with Gasteiger partial charge in [0.1, 0.15) is 11.7 Å². The minimum absolute atomic E-state index is 0.0626. The summed E-state index contributed by atoms with van der Waals surface area (Å²) >= 11 is 0. The van der Waals surface area contributed by atoms with E-state index in [1.165, 1.54) is 5.01 Å². The van der Waals surface area contributed by atoms with Crippen molar-refractivity contribution in [3.8, 4) is 11.5 Å². The van der Waals surface area contributed by atoms with E-state index in [0.717, 1.165) is 11.1 Å². The molecule has 1 aromatic rings. The van der Waals surface area contributed by atoms with Crippen LogP contribution in [-0.4, -0.2) is 145 Å². The lowest BCUT2D eigenvalue weighted by Gasteiger charge is -2.62. The van der Waals surface area contributed by atoms with Crippen molar-refractivity contribution in [1.82, 2.24) is 5.01 Å². The van der Waals surface area contributed by atoms with Gasteiger partial charge in [-0.05, 0) is 37.3 Å². The van der Waals surface area contributed by atoms with Crippen LogP contribution in [-0.2, 0) is 49.7 Å². The predicted octanol–water partition coefficient (Wildman–Crippen LogP) is 1.36. The molecule has 1 saturated carbocycles. The molecular formula is C31H48N2O12. The van der Waals surface area contributed by atoms with E-state index in [1.54, 1.807) is 13.2 Å². The molecule has 2 N–H and O–H groups in total. The number of piperidine rings is 1. The lowest BCUT2D eigenvalue weighted by atomic mass is 9.49. The predicted molar refractivity (Wildman–Crippen MR) is 160 cm³/mol. The van der Waals surface area contributed by atoms with Gasteiger partial charge in [-0.15, -0.1) is 4.91 Å². The zero-order valence-electron chi connectivity index (χ0n) is 26.2. The molecule has 5 atom stereocenters. The van der Waals surface area contributed by atoms with Gasteiger partial charge in [-0.3, -0.25) is 5.01 Å². The summed E-state index contributed by atoms with van der Waals surface area (Å²) < 4.78 is 50.5. The fourth-order valence-electron chi connectivity index (χ4n) is 7.35. The molecule has 2 bridgehead atoms. The number of phenolic OH excluding ortho intramolecular Hbond substituents is 1. The molecule has 0 radical (unpaired) electrons. The highest BCUT2D eigenvalue weighted by Gasteiger charge is 2.73. The number of ether oxygens (including phenoxy) is 9. The van der Waals surface area contributed by atoms with Crippen LogP contribution < -0.4 is 4.74 Å². The van der Waals surface area contributed by atoms with Crippen LogP contribution in [0, 0.1) is 4.91 Å². The highest BCUT2D eigenvalue weighted by atomic mass is 16.6. The molecule has 0 unspecified atom stereocenters. The molecular weight excluding hydrogens is 592 g/mol. The molecule has 0 aromatic heterocycles. The Morgan fingerprint density at radius 2 is 1.40 bits per heavy atom. The first-order valence-corrected chi connectivity index (χ1v) is 16.0. The minimum Gasteiger partial charge on any atom is -0.504 e. The van der Waals surface area contributed by atoms with Crippen molar-refractivity contribution >= 4 is 0 Å². The van der Waals surface area contributed by atoms with E-state index in [-0.39, 0.29) is 11.9 Å². The van der Waals surface area contributed by atoms with Crippen molar-refractivity contribution in [1.29, 1.82) is 0 Å². The number of phenols is 1. The number of aromatic hydroxyl groups is 1. The van der Waals surface area contributed by atoms with Gasteiger partial charge >= 0.3 is 0 Å². The van der Waals surface area contributed by atoms with Crippen molar-refractivity contribution in [3.63, 3.8) is 0 Å². The van der Waals surface area contributed by atoms with E-state index in [2.05, 4.69) is 5.29 Å². The van der Waals surface area contributed by atoms with Crippen molar-refractivity contribution < 1.29 is 52.8 Å². The largest absolute Gasteiger partial charge is 0.504 e. The number of hydrogen-bond donors (Lipinski definition) is 2. The minimum atomic E-state index is -1.20. The number of nitrogens with zero attached hydrogens (tertiary/aromatic N) is 2. The summed E-state index contributed by atoms with van der Waals surface area (Å²) in [5.41, 5.74) is -0.111. The SMILES string of the molecule is COCCOCCOCCOCCOCCOCCOCCO[C@H]1CC[C@@]2(O)[C@H]3Cc4ccc(O)c5c4[C@@]2(CCN3N=O)[C@H]1O5. The summed E-state index contributed by atoms with van der Waals surface area (Å²) in [6.45, 7) is 7.19. The highest BCUT2D eigenvalue weighted by Crippen LogP contribution is 2.65. The molecule has 1 saturated heterocycles. The van der Waals surface area contributed by atoms with E-state index in [9.17, 15) is 15.1 Å². The van der Waals surface area contributed by atoms with Crippen molar-refractivity contribution in [2.75, 3.05) is 106 Å². The second-order valence-corrected chi connectivity index (χ2v) is 11.7. The average Bonchev–Trinajstić information content (AvgIpc) is 3.40. The second-order valence-electron chi connectivity index (χ2n) is 11.7. The summed E-state index contributed by atoms with van der Waals surface area (Å²) in [6, 6.07) is 3.05. The van der Waals surface area contributed by atoms with E-state index < -0.39 is 23.2 Å². The molecule has 1 aromatic carbocycles. The van der Waals surface area contributed by atoms with Crippen molar-refractivity contribution in [2.45, 2.75) is 54.9 Å². The molecule has 14 heteroatoms. The van der Waals surface area contributed by atoms with Gasteiger partial charge in [0.2, 0.25) is 0 Å². The van der Waals surface area contributed by atoms with E-state index in [0.29, 0.717) is 130 Å². The summed E-state index contributed by atoms with van der Waals surface area (Å²) in [7, 11) is 1.64. The van der Waals surface area contributed by atoms with E-state index in [1.807, 2.05) is 6.07 Å². The Morgan fingerprint density at radius 1 is 0.844 bits per heavy atom. The first kappa shape index (κ1) is 34.2. The fourth-order valence-corrected chi connectivity index (χ4v) is 7.35. The third-order valence-corrected chi connectivity index (χ3v) is 9.34. The van der Waals surface area contributed by atoms with Crippen LogP contribution in [0.4, 0.5) is 0 Å². The lowest BCUT2D eigenvalue weighted by molar-refractivity contribution is -0.216. The van der Waals surface area contributed by atoms with Gasteiger partial charge in [0.25, 0.3) is 0 Å². The molecule has 2 fully saturated rings. The molecule has 1 spiro atoms. The zero-order chi connectivity index (χ0) is 31.5. The topological polar surface area (TPSA) is 156 Å². The first-order valence-electron chi connectivity index (χ1n) is 16.0. The molecule has 45 heavy (non-hydrogen) atoms. The van der Waals surface area contributed by atoms with Crippen LogP contribution in [0.3, 0.4) is 0 Å². The third-order valence-electron chi connectivity index (χ3n) is 9.34. The first-order chi connectivity index (χ1) is 22.1. The smallest absolute Gasteiger partial charge is 0.165 e. The van der Waals surface area contributed by atoms with Gasteiger partial charge in [0, 0.05) is 19.2 Å². The number of aliphatic hydroxyl groups is 1. The monoisotopic (exact) mass is 640 g/mol. The highest BCUT2D eigenvalue weighted by molar-refractivity contribution is 5.62. The average molecular weight is 641 g/mol. The van der Waals surface area contributed by atoms with Crippen molar-refractivity contribution in [2.24, 2.45) is 5.29 Å². The van der Waals surface area contributed by atoms with Crippen molar-refractivity contribution in [3.05, 3.63) is 28.2 Å². The molecule has 2 heterocycles. The third kappa shape index (κ3) is 7.39. The molecule has 2 aliphatic carbocycles. The Morgan fingerprint density at radius 3 is 1.96 bits per heavy atom. The van der Waals surface area contributed by atoms with Gasteiger partial charge in [-0.25, -0.2) is 0 Å². The fraction of sp³-hybridized carbons (Fsp3) is 0.806. The second kappa shape index (κ2) is 16.6. The van der Waals surface area contributed by atoms with Crippen LogP contribution in [0.25, 0.3) is 0 Å². The Balaban J connectivity index is 0.919. The molecule has 5 rings (SSSR count). The van der Waals surface area contributed by atoms with Gasteiger partial charge in [-0.1, -0.05) is 6.07 Å². The normalized spacial score (nSPS) is 27.8. The molecule has 14 nitrogen and oxygen atoms in total. The van der Waals surface area contributed by atoms with Gasteiger partial charge in [0.05, 0.1) is 115 Å². The van der Waals surface area contributed by atoms with Gasteiger partial charge in [-0.2, -0.15) is 0 Å². The molecule has 4 aliphatic rings. The Bertz CT molecular complexity index is 1080. The van der Waals surface area contributed by atoms with Crippen LogP contribution in [0.2, 0.25) is 0 Å². The molecule has 254 valence electrons. The van der Waals surface area contributed by atoms with Crippen LogP contribution >= 0.6 is 0 Å². The molecule has 0 amide bonds. The summed E-state index contributed by atoms with van der Waals surface area (Å²) in [5, 5.41) is 27.5. The number of benzene rings is 1. The number of rotatable bonds is 23. The summed E-state index contributed by atoms with van der Waals surface area (Å²) in [6.07, 6.45) is 1.21. The number of methoxy groups -OCH3 is 1. The number of hydrogen-bond acceptors (Lipinski definition) is 13. The maximum absolute atomic E-state index is 12.1. The quantitative estimate of drug-likeness (QED) is 0.131. The van der Waals surface area contributed by atoms with Crippen LogP contribution in [0.15, 0.2) is 17.4 Å². The Kier molecular flexibility index (Phi) is 12.6. The van der Waals surface area contributed by atoms with Gasteiger partial charge < -0.3 is 52.8 Å². The van der Waals surface area contributed by atoms with E-state index >= 15 is 0 Å². The van der Waals surface area contributed by atoms with Crippen LogP contribution in [0.5, 0.6) is 11.5 Å². The zero-order valence-corrected chi connectivity index (χ0v) is 26.2. The summed E-state index contributed by atoms with van der Waals surface area (Å²) in [4.78, 5) is 11.6. The maximum Gasteiger partial charge on any atom is 0.165 e. The number of nitroso groups, excluding NO2 is 1. The lowest BCUT2D eigenvalue weighted by Crippen LogP contribution is -2.76. The molecule has 2 aliphatic heterocycles. The van der Waals surface area contributed by atoms with E-state index in [4.69, 9.17) is 42.6 Å². The Labute approximate surface area is 264 Å². The summed E-state index contributed by atoms with van der Waals surface area (Å²) in [5.74, 6) is 0.496. The Hall–Kier alpha value is -2.14. The van der Waals surface area contributed by atoms with Gasteiger partial charge in [0.15, 0.2) is 11.5 Å².